The molecule has 0 spiro atoms. The lowest BCUT2D eigenvalue weighted by Gasteiger charge is -2.16. The molecule has 26 heavy (non-hydrogen) atoms. The predicted octanol–water partition coefficient (Wildman–Crippen LogP) is 1.35. The Morgan fingerprint density at radius 1 is 1.42 bits per heavy atom. The molecule has 0 bridgehead atoms. The van der Waals surface area contributed by atoms with Crippen LogP contribution in [0.15, 0.2) is 18.2 Å². The van der Waals surface area contributed by atoms with Crippen molar-refractivity contribution in [2.75, 3.05) is 18.0 Å². The number of aliphatic hydroxyl groups is 1. The fourth-order valence-corrected chi connectivity index (χ4v) is 3.18. The molecule has 1 unspecified atom stereocenters. The Bertz CT molecular complexity index is 826. The van der Waals surface area contributed by atoms with Gasteiger partial charge in [-0.1, -0.05) is 6.07 Å². The Balaban J connectivity index is 1.42. The molecule has 0 radical (unpaired) electrons. The summed E-state index contributed by atoms with van der Waals surface area (Å²) >= 11 is 0. The van der Waals surface area contributed by atoms with Crippen LogP contribution < -0.4 is 10.2 Å². The summed E-state index contributed by atoms with van der Waals surface area (Å²) in [5.74, 6) is -0.976. The van der Waals surface area contributed by atoms with Crippen LogP contribution >= 0.6 is 0 Å². The molecular weight excluding hydrogens is 341 g/mol. The highest BCUT2D eigenvalue weighted by molar-refractivity contribution is 5.90. The van der Waals surface area contributed by atoms with E-state index in [2.05, 4.69) is 11.4 Å². The molecule has 8 heteroatoms. The van der Waals surface area contributed by atoms with Gasteiger partial charge in [0.15, 0.2) is 0 Å². The van der Waals surface area contributed by atoms with Gasteiger partial charge in [-0.15, -0.1) is 0 Å². The van der Waals surface area contributed by atoms with Crippen molar-refractivity contribution in [1.29, 1.82) is 5.26 Å². The Morgan fingerprint density at radius 3 is 2.73 bits per heavy atom. The molecule has 7 nitrogen and oxygen atoms in total. The first kappa shape index (κ1) is 16.8. The lowest BCUT2D eigenvalue weighted by molar-refractivity contribution is -0.131. The Morgan fingerprint density at radius 2 is 2.15 bits per heavy atom. The topological polar surface area (TPSA) is 103 Å². The zero-order valence-electron chi connectivity index (χ0n) is 14.0. The first-order chi connectivity index (χ1) is 12.4. The minimum Gasteiger partial charge on any atom is -0.442 e. The van der Waals surface area contributed by atoms with Gasteiger partial charge in [-0.05, 0) is 37.8 Å². The van der Waals surface area contributed by atoms with E-state index in [-0.39, 0.29) is 13.1 Å². The number of benzene rings is 1. The molecule has 1 aromatic rings. The van der Waals surface area contributed by atoms with Gasteiger partial charge in [0.05, 0.1) is 30.3 Å². The maximum atomic E-state index is 14.4. The van der Waals surface area contributed by atoms with E-state index in [9.17, 15) is 24.3 Å². The number of nitrogens with one attached hydrogen (secondary N) is 1. The number of anilines is 1. The molecule has 1 atom stereocenters. The number of halogens is 1. The molecule has 2 amide bonds. The zero-order valence-corrected chi connectivity index (χ0v) is 14.0. The molecule has 0 aromatic heterocycles. The van der Waals surface area contributed by atoms with Gasteiger partial charge in [0.25, 0.3) is 5.91 Å². The summed E-state index contributed by atoms with van der Waals surface area (Å²) in [5, 5.41) is 21.5. The zero-order chi connectivity index (χ0) is 18.5. The van der Waals surface area contributed by atoms with Gasteiger partial charge in [0.1, 0.15) is 17.5 Å². The number of nitrogens with zero attached hydrogens (tertiary/aromatic N) is 2. The normalized spacial score (nSPS) is 24.6. The second kappa shape index (κ2) is 5.68. The van der Waals surface area contributed by atoms with Crippen LogP contribution in [0.2, 0.25) is 0 Å². The van der Waals surface area contributed by atoms with Crippen LogP contribution in [0.4, 0.5) is 14.9 Å². The number of hydrogen-bond acceptors (Lipinski definition) is 5. The predicted molar refractivity (Wildman–Crippen MR) is 87.7 cm³/mol. The van der Waals surface area contributed by atoms with E-state index < -0.39 is 34.9 Å². The van der Waals surface area contributed by atoms with Crippen molar-refractivity contribution in [3.05, 3.63) is 29.6 Å². The van der Waals surface area contributed by atoms with Crippen LogP contribution in [0.5, 0.6) is 0 Å². The minimum absolute atomic E-state index is 0.0848. The number of nitriles is 1. The van der Waals surface area contributed by atoms with E-state index >= 15 is 0 Å². The molecule has 3 fully saturated rings. The standard InChI is InChI=1S/C18H18FN3O4/c19-14-7-11(1-2-13(14)17(10-20)3-4-17)22-9-12(26-16(22)24)8-21-15(23)18(25)5-6-18/h1-2,7,12,25H,3-6,8-9H2,(H,21,23). The van der Waals surface area contributed by atoms with Crippen molar-refractivity contribution in [3.8, 4) is 6.07 Å². The summed E-state index contributed by atoms with van der Waals surface area (Å²) in [6, 6.07) is 6.54. The van der Waals surface area contributed by atoms with Crippen LogP contribution in [-0.4, -0.2) is 41.9 Å². The SMILES string of the molecule is N#CC1(c2ccc(N3CC(CNC(=O)C4(O)CC4)OC3=O)cc2F)CC1. The summed E-state index contributed by atoms with van der Waals surface area (Å²) in [5.41, 5.74) is -1.30. The summed E-state index contributed by atoms with van der Waals surface area (Å²) in [7, 11) is 0. The lowest BCUT2D eigenvalue weighted by atomic mass is 9.97. The van der Waals surface area contributed by atoms with E-state index in [1.807, 2.05) is 0 Å². The second-order valence-electron chi connectivity index (χ2n) is 7.22. The van der Waals surface area contributed by atoms with E-state index in [0.717, 1.165) is 0 Å². The van der Waals surface area contributed by atoms with Gasteiger partial charge < -0.3 is 15.2 Å². The van der Waals surface area contributed by atoms with Gasteiger partial charge >= 0.3 is 6.09 Å². The third-order valence-electron chi connectivity index (χ3n) is 5.25. The number of amides is 2. The molecule has 2 saturated carbocycles. The molecule has 1 aromatic carbocycles. The van der Waals surface area contributed by atoms with E-state index in [1.165, 1.54) is 11.0 Å². The van der Waals surface area contributed by atoms with Crippen molar-refractivity contribution in [2.45, 2.75) is 42.8 Å². The summed E-state index contributed by atoms with van der Waals surface area (Å²) in [6.45, 7) is 0.251. The van der Waals surface area contributed by atoms with Gasteiger partial charge in [-0.2, -0.15) is 5.26 Å². The summed E-state index contributed by atoms with van der Waals surface area (Å²) in [4.78, 5) is 25.1. The quantitative estimate of drug-likeness (QED) is 0.826. The number of cyclic esters (lactones) is 1. The molecule has 1 saturated heterocycles. The highest BCUT2D eigenvalue weighted by atomic mass is 19.1. The van der Waals surface area contributed by atoms with Crippen molar-refractivity contribution in [1.82, 2.24) is 5.32 Å². The van der Waals surface area contributed by atoms with E-state index in [1.54, 1.807) is 12.1 Å². The first-order valence-electron chi connectivity index (χ1n) is 8.57. The maximum Gasteiger partial charge on any atom is 0.414 e. The van der Waals surface area contributed by atoms with E-state index in [0.29, 0.717) is 36.9 Å². The molecule has 2 aliphatic carbocycles. The van der Waals surface area contributed by atoms with Crippen molar-refractivity contribution >= 4 is 17.7 Å². The third-order valence-corrected chi connectivity index (χ3v) is 5.25. The van der Waals surface area contributed by atoms with Crippen molar-refractivity contribution in [3.63, 3.8) is 0 Å². The molecular formula is C18H18FN3O4. The molecule has 1 aliphatic heterocycles. The Hall–Kier alpha value is -2.66. The summed E-state index contributed by atoms with van der Waals surface area (Å²) < 4.78 is 19.6. The molecule has 2 N–H and O–H groups in total. The number of carbonyl (C=O) groups is 2. The van der Waals surface area contributed by atoms with Crippen LogP contribution in [0.25, 0.3) is 0 Å². The van der Waals surface area contributed by atoms with Gasteiger partial charge in [-0.25, -0.2) is 9.18 Å². The summed E-state index contributed by atoms with van der Waals surface area (Å²) in [6.07, 6.45) is 0.948. The van der Waals surface area contributed by atoms with Crippen LogP contribution in [0.3, 0.4) is 0 Å². The van der Waals surface area contributed by atoms with Crippen LogP contribution in [-0.2, 0) is 14.9 Å². The lowest BCUT2D eigenvalue weighted by Crippen LogP contribution is -2.41. The largest absolute Gasteiger partial charge is 0.442 e. The van der Waals surface area contributed by atoms with Crippen LogP contribution in [0, 0.1) is 17.1 Å². The minimum atomic E-state index is -1.28. The molecule has 1 heterocycles. The number of carbonyl (C=O) groups excluding carboxylic acids is 2. The monoisotopic (exact) mass is 359 g/mol. The maximum absolute atomic E-state index is 14.4. The average Bonchev–Trinajstić information content (AvgIpc) is 3.53. The molecule has 136 valence electrons. The van der Waals surface area contributed by atoms with Crippen molar-refractivity contribution < 1.29 is 23.8 Å². The van der Waals surface area contributed by atoms with E-state index in [4.69, 9.17) is 4.74 Å². The number of ether oxygens (including phenoxy) is 1. The van der Waals surface area contributed by atoms with Gasteiger partial charge in [0.2, 0.25) is 0 Å². The van der Waals surface area contributed by atoms with Gasteiger partial charge in [0, 0.05) is 5.56 Å². The Kier molecular flexibility index (Phi) is 3.66. The molecule has 4 rings (SSSR count). The fourth-order valence-electron chi connectivity index (χ4n) is 3.18. The highest BCUT2D eigenvalue weighted by Crippen LogP contribution is 2.48. The Labute approximate surface area is 149 Å². The van der Waals surface area contributed by atoms with Crippen molar-refractivity contribution in [2.24, 2.45) is 0 Å². The fraction of sp³-hybridized carbons (Fsp3) is 0.500. The van der Waals surface area contributed by atoms with Crippen LogP contribution in [0.1, 0.15) is 31.2 Å². The molecule has 3 aliphatic rings. The highest BCUT2D eigenvalue weighted by Gasteiger charge is 2.48. The second-order valence-corrected chi connectivity index (χ2v) is 7.22. The first-order valence-corrected chi connectivity index (χ1v) is 8.57. The smallest absolute Gasteiger partial charge is 0.414 e. The van der Waals surface area contributed by atoms with Gasteiger partial charge in [-0.3, -0.25) is 9.69 Å². The average molecular weight is 359 g/mol. The third kappa shape index (κ3) is 2.78. The number of rotatable bonds is 5. The number of hydrogen-bond donors (Lipinski definition) is 2.